The minimum atomic E-state index is -0.881. The highest BCUT2D eigenvalue weighted by molar-refractivity contribution is 6.35. The first kappa shape index (κ1) is 19.6. The van der Waals surface area contributed by atoms with E-state index in [1.54, 1.807) is 35.2 Å². The Kier molecular flexibility index (Phi) is 6.41. The normalized spacial score (nSPS) is 15.6. The maximum atomic E-state index is 13.0. The van der Waals surface area contributed by atoms with Crippen molar-refractivity contribution < 1.29 is 18.9 Å². The number of hydrogen-bond donors (Lipinski definition) is 1. The molecule has 0 bridgehead atoms. The first-order chi connectivity index (χ1) is 13.6. The molecule has 2 aromatic rings. The van der Waals surface area contributed by atoms with E-state index in [0.29, 0.717) is 31.0 Å². The molecule has 1 N–H and O–H groups in total. The number of nitrogens with one attached hydrogen (secondary N) is 1. The second-order valence-electron chi connectivity index (χ2n) is 6.65. The highest BCUT2D eigenvalue weighted by Gasteiger charge is 2.39. The van der Waals surface area contributed by atoms with Gasteiger partial charge in [0, 0.05) is 25.7 Å². The van der Waals surface area contributed by atoms with Crippen LogP contribution >= 0.6 is 0 Å². The number of benzene rings is 1. The van der Waals surface area contributed by atoms with Crippen LogP contribution in [0.4, 0.5) is 0 Å². The highest BCUT2D eigenvalue weighted by Crippen LogP contribution is 2.24. The number of rotatable bonds is 8. The summed E-state index contributed by atoms with van der Waals surface area (Å²) in [4.78, 5) is 41.2. The largest absolute Gasteiger partial charge is 0.360 e. The van der Waals surface area contributed by atoms with Gasteiger partial charge in [0.25, 0.3) is 0 Å². The smallest absolute Gasteiger partial charge is 0.313 e. The van der Waals surface area contributed by atoms with Crippen molar-refractivity contribution in [3.8, 4) is 0 Å². The molecule has 0 saturated carbocycles. The van der Waals surface area contributed by atoms with Crippen LogP contribution in [0.15, 0.2) is 47.1 Å². The third-order valence-corrected chi connectivity index (χ3v) is 4.73. The molecule has 0 unspecified atom stereocenters. The minimum Gasteiger partial charge on any atom is -0.360 e. The summed E-state index contributed by atoms with van der Waals surface area (Å²) in [5, 5.41) is 6.38. The Morgan fingerprint density at radius 1 is 1.18 bits per heavy atom. The lowest BCUT2D eigenvalue weighted by Crippen LogP contribution is -2.57. The van der Waals surface area contributed by atoms with Crippen LogP contribution in [-0.4, -0.2) is 52.3 Å². The Hall–Kier alpha value is -3.16. The van der Waals surface area contributed by atoms with Gasteiger partial charge < -0.3 is 19.6 Å². The molecule has 0 spiro atoms. The summed E-state index contributed by atoms with van der Waals surface area (Å²) in [6.07, 6.45) is 3.28. The SMILES string of the molecule is CCCCN1CCN([C@@H](C(=O)NCc2ccno2)c2ccccc2)C(=O)C1=O. The molecule has 0 radical (unpaired) electrons. The third-order valence-electron chi connectivity index (χ3n) is 4.73. The Labute approximate surface area is 163 Å². The second-order valence-corrected chi connectivity index (χ2v) is 6.65. The molecule has 1 atom stereocenters. The van der Waals surface area contributed by atoms with Crippen molar-refractivity contribution in [1.82, 2.24) is 20.3 Å². The number of aromatic nitrogens is 1. The van der Waals surface area contributed by atoms with Gasteiger partial charge in [0.1, 0.15) is 6.04 Å². The zero-order chi connectivity index (χ0) is 19.9. The van der Waals surface area contributed by atoms with Gasteiger partial charge in [-0.3, -0.25) is 14.4 Å². The van der Waals surface area contributed by atoms with Gasteiger partial charge in [0.2, 0.25) is 5.91 Å². The number of hydrogen-bond acceptors (Lipinski definition) is 5. The first-order valence-electron chi connectivity index (χ1n) is 9.44. The van der Waals surface area contributed by atoms with Crippen LogP contribution in [0, 0.1) is 0 Å². The average molecular weight is 384 g/mol. The van der Waals surface area contributed by atoms with E-state index < -0.39 is 17.9 Å². The predicted octanol–water partition coefficient (Wildman–Crippen LogP) is 1.50. The molecule has 28 heavy (non-hydrogen) atoms. The van der Waals surface area contributed by atoms with Crippen molar-refractivity contribution in [3.05, 3.63) is 53.9 Å². The number of amides is 3. The Bertz CT molecular complexity index is 807. The van der Waals surface area contributed by atoms with Gasteiger partial charge in [-0.15, -0.1) is 0 Å². The van der Waals surface area contributed by atoms with Crippen LogP contribution in [0.5, 0.6) is 0 Å². The molecular weight excluding hydrogens is 360 g/mol. The fourth-order valence-corrected chi connectivity index (χ4v) is 3.21. The van der Waals surface area contributed by atoms with Gasteiger partial charge in [-0.2, -0.15) is 0 Å². The van der Waals surface area contributed by atoms with Crippen molar-refractivity contribution in [1.29, 1.82) is 0 Å². The van der Waals surface area contributed by atoms with Crippen LogP contribution in [-0.2, 0) is 20.9 Å². The number of nitrogens with zero attached hydrogens (tertiary/aromatic N) is 3. The van der Waals surface area contributed by atoms with Crippen LogP contribution in [0.3, 0.4) is 0 Å². The number of carbonyl (C=O) groups is 3. The second kappa shape index (κ2) is 9.16. The van der Waals surface area contributed by atoms with Crippen molar-refractivity contribution >= 4 is 17.7 Å². The lowest BCUT2D eigenvalue weighted by Gasteiger charge is -2.38. The fourth-order valence-electron chi connectivity index (χ4n) is 3.21. The Morgan fingerprint density at radius 3 is 2.64 bits per heavy atom. The van der Waals surface area contributed by atoms with E-state index in [4.69, 9.17) is 4.52 Å². The van der Waals surface area contributed by atoms with Crippen LogP contribution in [0.1, 0.15) is 37.1 Å². The fraction of sp³-hybridized carbons (Fsp3) is 0.400. The van der Waals surface area contributed by atoms with E-state index in [1.165, 1.54) is 11.1 Å². The van der Waals surface area contributed by atoms with E-state index in [9.17, 15) is 14.4 Å². The molecule has 2 heterocycles. The lowest BCUT2D eigenvalue weighted by molar-refractivity contribution is -0.159. The van der Waals surface area contributed by atoms with E-state index in [1.807, 2.05) is 13.0 Å². The zero-order valence-corrected chi connectivity index (χ0v) is 15.8. The lowest BCUT2D eigenvalue weighted by atomic mass is 10.0. The summed E-state index contributed by atoms with van der Waals surface area (Å²) < 4.78 is 5.00. The van der Waals surface area contributed by atoms with Crippen LogP contribution in [0.2, 0.25) is 0 Å². The van der Waals surface area contributed by atoms with Gasteiger partial charge in [-0.05, 0) is 12.0 Å². The monoisotopic (exact) mass is 384 g/mol. The van der Waals surface area contributed by atoms with E-state index in [0.717, 1.165) is 12.8 Å². The predicted molar refractivity (Wildman–Crippen MR) is 101 cm³/mol. The molecule has 1 aliphatic rings. The molecule has 3 amide bonds. The van der Waals surface area contributed by atoms with Crippen molar-refractivity contribution in [2.75, 3.05) is 19.6 Å². The average Bonchev–Trinajstić information content (AvgIpc) is 3.24. The van der Waals surface area contributed by atoms with Crippen LogP contribution in [0.25, 0.3) is 0 Å². The summed E-state index contributed by atoms with van der Waals surface area (Å²) >= 11 is 0. The van der Waals surface area contributed by atoms with E-state index >= 15 is 0 Å². The minimum absolute atomic E-state index is 0.154. The maximum absolute atomic E-state index is 13.0. The van der Waals surface area contributed by atoms with E-state index in [-0.39, 0.29) is 12.5 Å². The summed E-state index contributed by atoms with van der Waals surface area (Å²) in [5.41, 5.74) is 0.653. The quantitative estimate of drug-likeness (QED) is 0.696. The van der Waals surface area contributed by atoms with Gasteiger partial charge in [-0.1, -0.05) is 48.8 Å². The molecule has 1 aliphatic heterocycles. The molecule has 8 nitrogen and oxygen atoms in total. The van der Waals surface area contributed by atoms with Gasteiger partial charge in [0.05, 0.1) is 12.7 Å². The summed E-state index contributed by atoms with van der Waals surface area (Å²) in [6, 6.07) is 9.77. The third kappa shape index (κ3) is 4.39. The molecule has 1 saturated heterocycles. The topological polar surface area (TPSA) is 95.8 Å². The molecule has 0 aliphatic carbocycles. The maximum Gasteiger partial charge on any atom is 0.313 e. The van der Waals surface area contributed by atoms with Crippen molar-refractivity contribution in [2.45, 2.75) is 32.4 Å². The molecular formula is C20H24N4O4. The Balaban J connectivity index is 1.78. The molecule has 1 aromatic carbocycles. The molecule has 148 valence electrons. The van der Waals surface area contributed by atoms with E-state index in [2.05, 4.69) is 10.5 Å². The summed E-state index contributed by atoms with van der Waals surface area (Å²) in [5.74, 6) is -1.06. The first-order valence-corrected chi connectivity index (χ1v) is 9.44. The highest BCUT2D eigenvalue weighted by atomic mass is 16.5. The zero-order valence-electron chi connectivity index (χ0n) is 15.8. The van der Waals surface area contributed by atoms with Crippen LogP contribution < -0.4 is 5.32 Å². The standard InChI is InChI=1S/C20H24N4O4/c1-2-3-11-23-12-13-24(20(27)19(23)26)17(15-7-5-4-6-8-15)18(25)21-14-16-9-10-22-28-16/h4-10,17H,2-3,11-14H2,1H3,(H,21,25)/t17-/m1/s1. The van der Waals surface area contributed by atoms with Gasteiger partial charge in [-0.25, -0.2) is 0 Å². The number of piperazine rings is 1. The molecule has 3 rings (SSSR count). The number of carbonyl (C=O) groups excluding carboxylic acids is 3. The van der Waals surface area contributed by atoms with Crippen molar-refractivity contribution in [2.24, 2.45) is 0 Å². The Morgan fingerprint density at radius 2 is 1.96 bits per heavy atom. The summed E-state index contributed by atoms with van der Waals surface area (Å²) in [7, 11) is 0. The molecule has 8 heteroatoms. The van der Waals surface area contributed by atoms with Gasteiger partial charge >= 0.3 is 11.8 Å². The van der Waals surface area contributed by atoms with Crippen molar-refractivity contribution in [3.63, 3.8) is 0 Å². The van der Waals surface area contributed by atoms with Gasteiger partial charge in [0.15, 0.2) is 5.76 Å². The summed E-state index contributed by atoms with van der Waals surface area (Å²) in [6.45, 7) is 3.48. The molecule has 1 fully saturated rings. The molecule has 1 aromatic heterocycles. The number of unbranched alkanes of at least 4 members (excludes halogenated alkanes) is 1.